The minimum Gasteiger partial charge on any atom is -0.495 e. The molecule has 1 heterocycles. The van der Waals surface area contributed by atoms with Crippen molar-refractivity contribution >= 4 is 15.7 Å². The van der Waals surface area contributed by atoms with Crippen LogP contribution in [0.4, 0.5) is 5.69 Å². The van der Waals surface area contributed by atoms with E-state index in [1.165, 1.54) is 17.5 Å². The molecule has 0 spiro atoms. The number of aryl methyl sites for hydroxylation is 2. The Morgan fingerprint density at radius 3 is 2.48 bits per heavy atom. The first-order valence-electron chi connectivity index (χ1n) is 11.3. The number of para-hydroxylation sites is 2. The van der Waals surface area contributed by atoms with E-state index < -0.39 is 10.0 Å². The van der Waals surface area contributed by atoms with Gasteiger partial charge in [0.2, 0.25) is 10.0 Å². The van der Waals surface area contributed by atoms with E-state index in [-0.39, 0.29) is 0 Å². The Kier molecular flexibility index (Phi) is 7.15. The van der Waals surface area contributed by atoms with E-state index in [0.29, 0.717) is 11.4 Å². The molecule has 1 saturated heterocycles. The summed E-state index contributed by atoms with van der Waals surface area (Å²) in [7, 11) is -1.73. The summed E-state index contributed by atoms with van der Waals surface area (Å²) in [4.78, 5) is 5.16. The van der Waals surface area contributed by atoms with Gasteiger partial charge in [-0.1, -0.05) is 18.2 Å². The fourth-order valence-corrected chi connectivity index (χ4v) is 5.70. The quantitative estimate of drug-likeness (QED) is 0.636. The molecule has 0 atom stereocenters. The molecule has 2 aromatic carbocycles. The Hall–Kier alpha value is -2.09. The van der Waals surface area contributed by atoms with Crippen LogP contribution in [-0.2, 0) is 22.9 Å². The normalized spacial score (nSPS) is 17.4. The van der Waals surface area contributed by atoms with E-state index in [2.05, 4.69) is 20.6 Å². The maximum atomic E-state index is 12.7. The van der Waals surface area contributed by atoms with Crippen LogP contribution in [0.3, 0.4) is 0 Å². The zero-order valence-corrected chi connectivity index (χ0v) is 19.2. The van der Waals surface area contributed by atoms with Gasteiger partial charge < -0.3 is 9.64 Å². The van der Waals surface area contributed by atoms with Gasteiger partial charge in [0, 0.05) is 32.7 Å². The van der Waals surface area contributed by atoms with Crippen LogP contribution in [0.1, 0.15) is 30.4 Å². The Morgan fingerprint density at radius 2 is 1.71 bits per heavy atom. The second kappa shape index (κ2) is 10.0. The number of anilines is 1. The SMILES string of the molecule is COc1ccccc1N1CCN(CCCNS(=O)(=O)c2ccc3c(c2)CCCC3)CC1. The van der Waals surface area contributed by atoms with Crippen LogP contribution in [0, 0.1) is 0 Å². The first-order chi connectivity index (χ1) is 15.1. The molecule has 31 heavy (non-hydrogen) atoms. The molecule has 0 bridgehead atoms. The molecule has 0 amide bonds. The van der Waals surface area contributed by atoms with Gasteiger partial charge in [0.1, 0.15) is 5.75 Å². The predicted octanol–water partition coefficient (Wildman–Crippen LogP) is 3.06. The summed E-state index contributed by atoms with van der Waals surface area (Å²) in [6.45, 7) is 5.19. The lowest BCUT2D eigenvalue weighted by Crippen LogP contribution is -2.47. The first kappa shape index (κ1) is 22.1. The smallest absolute Gasteiger partial charge is 0.240 e. The Labute approximate surface area is 186 Å². The lowest BCUT2D eigenvalue weighted by atomic mass is 9.92. The number of nitrogens with one attached hydrogen (secondary N) is 1. The van der Waals surface area contributed by atoms with Crippen LogP contribution in [0.2, 0.25) is 0 Å². The number of nitrogens with zero attached hydrogens (tertiary/aromatic N) is 2. The summed E-state index contributed by atoms with van der Waals surface area (Å²) in [5, 5.41) is 0. The van der Waals surface area contributed by atoms with E-state index in [9.17, 15) is 8.42 Å². The van der Waals surface area contributed by atoms with E-state index >= 15 is 0 Å². The van der Waals surface area contributed by atoms with Crippen molar-refractivity contribution in [1.29, 1.82) is 0 Å². The number of sulfonamides is 1. The molecule has 1 fully saturated rings. The van der Waals surface area contributed by atoms with Gasteiger partial charge in [-0.3, -0.25) is 4.90 Å². The first-order valence-corrected chi connectivity index (χ1v) is 12.8. The van der Waals surface area contributed by atoms with Gasteiger partial charge in [-0.25, -0.2) is 13.1 Å². The molecule has 0 saturated carbocycles. The van der Waals surface area contributed by atoms with Crippen molar-refractivity contribution < 1.29 is 13.2 Å². The van der Waals surface area contributed by atoms with Gasteiger partial charge in [-0.2, -0.15) is 0 Å². The summed E-state index contributed by atoms with van der Waals surface area (Å²) in [6.07, 6.45) is 5.20. The number of benzene rings is 2. The van der Waals surface area contributed by atoms with Gasteiger partial charge in [0.15, 0.2) is 0 Å². The fourth-order valence-electron chi connectivity index (χ4n) is 4.57. The van der Waals surface area contributed by atoms with Crippen molar-refractivity contribution in [2.24, 2.45) is 0 Å². The standard InChI is InChI=1S/C24H33N3O3S/c1-30-24-10-5-4-9-23(24)27-17-15-26(16-18-27)14-6-13-25-31(28,29)22-12-11-20-7-2-3-8-21(20)19-22/h4-5,9-12,19,25H,2-3,6-8,13-18H2,1H3. The monoisotopic (exact) mass is 443 g/mol. The van der Waals surface area contributed by atoms with Gasteiger partial charge in [-0.05, 0) is 74.0 Å². The molecule has 4 rings (SSSR count). The number of fused-ring (bicyclic) bond motifs is 1. The molecule has 0 radical (unpaired) electrons. The van der Waals surface area contributed by atoms with Crippen LogP contribution in [0.25, 0.3) is 0 Å². The average Bonchev–Trinajstić information content (AvgIpc) is 2.82. The third kappa shape index (κ3) is 5.40. The third-order valence-electron chi connectivity index (χ3n) is 6.37. The number of hydrogen-bond acceptors (Lipinski definition) is 5. The molecule has 1 aliphatic heterocycles. The maximum absolute atomic E-state index is 12.7. The molecule has 0 aromatic heterocycles. The number of rotatable bonds is 8. The summed E-state index contributed by atoms with van der Waals surface area (Å²) >= 11 is 0. The largest absolute Gasteiger partial charge is 0.495 e. The molecule has 0 unspecified atom stereocenters. The molecule has 2 aromatic rings. The molecule has 1 aliphatic carbocycles. The number of ether oxygens (including phenoxy) is 1. The zero-order valence-electron chi connectivity index (χ0n) is 18.3. The van der Waals surface area contributed by atoms with Crippen molar-refractivity contribution in [3.8, 4) is 5.75 Å². The van der Waals surface area contributed by atoms with Gasteiger partial charge in [-0.15, -0.1) is 0 Å². The molecular formula is C24H33N3O3S. The lowest BCUT2D eigenvalue weighted by Gasteiger charge is -2.36. The maximum Gasteiger partial charge on any atom is 0.240 e. The molecule has 168 valence electrons. The van der Waals surface area contributed by atoms with E-state index in [4.69, 9.17) is 4.74 Å². The summed E-state index contributed by atoms with van der Waals surface area (Å²) in [6, 6.07) is 13.7. The number of hydrogen-bond donors (Lipinski definition) is 1. The molecule has 7 heteroatoms. The minimum absolute atomic E-state index is 0.401. The highest BCUT2D eigenvalue weighted by atomic mass is 32.2. The van der Waals surface area contributed by atoms with E-state index in [0.717, 1.165) is 69.8 Å². The van der Waals surface area contributed by atoms with Crippen LogP contribution in [0.5, 0.6) is 5.75 Å². The van der Waals surface area contributed by atoms with Crippen molar-refractivity contribution in [1.82, 2.24) is 9.62 Å². The van der Waals surface area contributed by atoms with Crippen LogP contribution >= 0.6 is 0 Å². The minimum atomic E-state index is -3.44. The Morgan fingerprint density at radius 1 is 0.968 bits per heavy atom. The fraction of sp³-hybridized carbons (Fsp3) is 0.500. The number of piperazine rings is 1. The second-order valence-corrected chi connectivity index (χ2v) is 10.2. The Bertz CT molecular complexity index is 985. The van der Waals surface area contributed by atoms with Crippen LogP contribution in [-0.4, -0.2) is 59.7 Å². The number of methoxy groups -OCH3 is 1. The zero-order chi connectivity index (χ0) is 21.7. The Balaban J connectivity index is 1.22. The van der Waals surface area contributed by atoms with Crippen LogP contribution in [0.15, 0.2) is 47.4 Å². The van der Waals surface area contributed by atoms with Crippen molar-refractivity contribution in [2.45, 2.75) is 37.0 Å². The van der Waals surface area contributed by atoms with Gasteiger partial charge in [0.05, 0.1) is 17.7 Å². The van der Waals surface area contributed by atoms with Crippen molar-refractivity contribution in [2.75, 3.05) is 51.3 Å². The highest BCUT2D eigenvalue weighted by Crippen LogP contribution is 2.28. The van der Waals surface area contributed by atoms with Crippen molar-refractivity contribution in [3.63, 3.8) is 0 Å². The third-order valence-corrected chi connectivity index (χ3v) is 7.83. The predicted molar refractivity (Wildman–Crippen MR) is 125 cm³/mol. The summed E-state index contributed by atoms with van der Waals surface area (Å²) in [5.41, 5.74) is 3.64. The second-order valence-electron chi connectivity index (χ2n) is 8.39. The molecule has 1 N–H and O–H groups in total. The highest BCUT2D eigenvalue weighted by molar-refractivity contribution is 7.89. The summed E-state index contributed by atoms with van der Waals surface area (Å²) < 4.78 is 33.6. The summed E-state index contributed by atoms with van der Waals surface area (Å²) in [5.74, 6) is 0.910. The lowest BCUT2D eigenvalue weighted by molar-refractivity contribution is 0.254. The molecular weight excluding hydrogens is 410 g/mol. The van der Waals surface area contributed by atoms with Crippen molar-refractivity contribution in [3.05, 3.63) is 53.6 Å². The van der Waals surface area contributed by atoms with Gasteiger partial charge >= 0.3 is 0 Å². The van der Waals surface area contributed by atoms with E-state index in [1.54, 1.807) is 13.2 Å². The van der Waals surface area contributed by atoms with E-state index in [1.807, 2.05) is 30.3 Å². The molecule has 6 nitrogen and oxygen atoms in total. The average molecular weight is 444 g/mol. The molecule has 2 aliphatic rings. The highest BCUT2D eigenvalue weighted by Gasteiger charge is 2.20. The van der Waals surface area contributed by atoms with Crippen LogP contribution < -0.4 is 14.4 Å². The topological polar surface area (TPSA) is 61.9 Å². The van der Waals surface area contributed by atoms with Gasteiger partial charge in [0.25, 0.3) is 0 Å².